The molecular weight excluding hydrogens is 172 g/mol. The van der Waals surface area contributed by atoms with Crippen LogP contribution in [0.2, 0.25) is 0 Å². The van der Waals surface area contributed by atoms with Crippen LogP contribution < -0.4 is 4.73 Å². The van der Waals surface area contributed by atoms with Crippen LogP contribution in [-0.4, -0.2) is 29.0 Å². The zero-order chi connectivity index (χ0) is 9.59. The molecule has 66 valence electrons. The van der Waals surface area contributed by atoms with E-state index in [1.807, 2.05) is 0 Å². The van der Waals surface area contributed by atoms with Crippen LogP contribution in [0.4, 0.5) is 0 Å². The number of rotatable bonds is 0. The highest BCUT2D eigenvalue weighted by atomic mass is 16.5. The molecule has 1 aromatic rings. The molecule has 2 heterocycles. The fourth-order valence-corrected chi connectivity index (χ4v) is 1.32. The quantitative estimate of drug-likeness (QED) is 0.330. The summed E-state index contributed by atoms with van der Waals surface area (Å²) < 4.78 is 0.666. The van der Waals surface area contributed by atoms with Gasteiger partial charge >= 0.3 is 11.6 Å². The second-order valence-electron chi connectivity index (χ2n) is 2.78. The van der Waals surface area contributed by atoms with Gasteiger partial charge in [-0.05, 0) is 6.07 Å². The largest absolute Gasteiger partial charge is 0.334 e. The van der Waals surface area contributed by atoms with Crippen molar-refractivity contribution in [2.75, 3.05) is 7.05 Å². The second kappa shape index (κ2) is 2.29. The second-order valence-corrected chi connectivity index (χ2v) is 2.78. The number of amides is 2. The lowest BCUT2D eigenvalue weighted by atomic mass is 10.2. The van der Waals surface area contributed by atoms with Gasteiger partial charge in [0.05, 0.1) is 0 Å². The summed E-state index contributed by atoms with van der Waals surface area (Å²) in [6, 6.07) is 3.01. The molecule has 5 heteroatoms. The van der Waals surface area contributed by atoms with Gasteiger partial charge in [0.25, 0.3) is 5.91 Å². The molecule has 1 aliphatic heterocycles. The van der Waals surface area contributed by atoms with Gasteiger partial charge in [0.15, 0.2) is 0 Å². The molecule has 1 aliphatic rings. The molecule has 0 unspecified atom stereocenters. The van der Waals surface area contributed by atoms with Crippen LogP contribution in [-0.2, 0) is 0 Å². The summed E-state index contributed by atoms with van der Waals surface area (Å²) in [5.41, 5.74) is 0.257. The van der Waals surface area contributed by atoms with Crippen molar-refractivity contribution in [3.63, 3.8) is 0 Å². The maximum absolute atomic E-state index is 11.4. The first-order chi connectivity index (χ1) is 6.13. The maximum atomic E-state index is 11.4. The summed E-state index contributed by atoms with van der Waals surface area (Å²) in [5.74, 6) is -0.869. The van der Waals surface area contributed by atoms with E-state index in [1.54, 1.807) is 0 Å². The highest BCUT2D eigenvalue weighted by molar-refractivity contribution is 6.19. The molecule has 0 atom stereocenters. The normalized spacial score (nSPS) is 15.0. The van der Waals surface area contributed by atoms with Gasteiger partial charge in [0.1, 0.15) is 5.56 Å². The average molecular weight is 179 g/mol. The first-order valence-electron chi connectivity index (χ1n) is 3.69. The van der Waals surface area contributed by atoms with Gasteiger partial charge in [-0.15, -0.1) is 0 Å². The molecule has 0 aromatic carbocycles. The molecule has 1 aromatic heterocycles. The van der Waals surface area contributed by atoms with Gasteiger partial charge in [0, 0.05) is 17.8 Å². The lowest BCUT2D eigenvalue weighted by molar-refractivity contribution is -0.905. The van der Waals surface area contributed by atoms with E-state index in [0.29, 0.717) is 4.73 Å². The molecule has 0 aliphatic carbocycles. The van der Waals surface area contributed by atoms with Crippen LogP contribution in [0.3, 0.4) is 0 Å². The third-order valence-corrected chi connectivity index (χ3v) is 2.02. The summed E-state index contributed by atoms with van der Waals surface area (Å²) in [6.07, 6.45) is 1.31. The minimum atomic E-state index is -0.483. The van der Waals surface area contributed by atoms with Gasteiger partial charge < -0.3 is 0 Å². The zero-order valence-electron chi connectivity index (χ0n) is 6.89. The van der Waals surface area contributed by atoms with Crippen molar-refractivity contribution in [1.82, 2.24) is 4.90 Å². The number of hydrogen-bond acceptors (Lipinski definition) is 3. The Morgan fingerprint density at radius 1 is 1.38 bits per heavy atom. The lowest BCUT2D eigenvalue weighted by Crippen LogP contribution is -2.38. The van der Waals surface area contributed by atoms with E-state index in [2.05, 4.69) is 0 Å². The Labute approximate surface area is 73.8 Å². The van der Waals surface area contributed by atoms with Crippen molar-refractivity contribution in [2.24, 2.45) is 0 Å². The summed E-state index contributed by atoms with van der Waals surface area (Å²) in [4.78, 5) is 23.7. The number of hydrogen-bond donors (Lipinski definition) is 1. The van der Waals surface area contributed by atoms with E-state index < -0.39 is 5.91 Å². The number of aromatic nitrogens is 1. The summed E-state index contributed by atoms with van der Waals surface area (Å²) in [5, 5.41) is 9.25. The van der Waals surface area contributed by atoms with Gasteiger partial charge in [-0.25, -0.2) is 0 Å². The number of fused-ring (bicyclic) bond motifs is 1. The SMILES string of the molecule is CN1C(=O)c2ccc[n+](O)c2C1=O. The molecule has 0 spiro atoms. The van der Waals surface area contributed by atoms with E-state index in [4.69, 9.17) is 0 Å². The molecule has 2 rings (SSSR count). The predicted octanol–water partition coefficient (Wildman–Crippen LogP) is -0.563. The maximum Gasteiger partial charge on any atom is 0.334 e. The molecule has 0 saturated carbocycles. The van der Waals surface area contributed by atoms with Crippen LogP contribution in [0.15, 0.2) is 18.3 Å². The Morgan fingerprint density at radius 3 is 2.69 bits per heavy atom. The zero-order valence-corrected chi connectivity index (χ0v) is 6.89. The van der Waals surface area contributed by atoms with Gasteiger partial charge in [0.2, 0.25) is 6.20 Å². The Hall–Kier alpha value is -1.91. The summed E-state index contributed by atoms with van der Waals surface area (Å²) >= 11 is 0. The number of carbonyl (C=O) groups excluding carboxylic acids is 2. The minimum absolute atomic E-state index is 0.0231. The van der Waals surface area contributed by atoms with E-state index >= 15 is 0 Å². The molecule has 0 radical (unpaired) electrons. The van der Waals surface area contributed by atoms with Crippen molar-refractivity contribution >= 4 is 11.8 Å². The lowest BCUT2D eigenvalue weighted by Gasteiger charge is -2.00. The minimum Gasteiger partial charge on any atom is -0.284 e. The Kier molecular flexibility index (Phi) is 1.36. The Morgan fingerprint density at radius 2 is 2.08 bits per heavy atom. The molecule has 0 bridgehead atoms. The molecule has 2 amide bonds. The number of imide groups is 1. The third kappa shape index (κ3) is 0.837. The fraction of sp³-hybridized carbons (Fsp3) is 0.125. The van der Waals surface area contributed by atoms with Crippen LogP contribution in [0.1, 0.15) is 20.8 Å². The molecule has 1 N–H and O–H groups in total. The van der Waals surface area contributed by atoms with Crippen molar-refractivity contribution < 1.29 is 19.5 Å². The van der Waals surface area contributed by atoms with Crippen LogP contribution in [0.25, 0.3) is 0 Å². The number of pyridine rings is 1. The van der Waals surface area contributed by atoms with E-state index in [9.17, 15) is 14.8 Å². The highest BCUT2D eigenvalue weighted by Crippen LogP contribution is 2.16. The van der Waals surface area contributed by atoms with Crippen LogP contribution >= 0.6 is 0 Å². The van der Waals surface area contributed by atoms with Gasteiger partial charge in [-0.2, -0.15) is 0 Å². The first kappa shape index (κ1) is 7.72. The molecule has 0 saturated heterocycles. The van der Waals surface area contributed by atoms with Crippen molar-refractivity contribution in [3.8, 4) is 0 Å². The highest BCUT2D eigenvalue weighted by Gasteiger charge is 2.41. The van der Waals surface area contributed by atoms with E-state index in [1.165, 1.54) is 25.4 Å². The molecular formula is C8H7N2O3+. The van der Waals surface area contributed by atoms with Gasteiger partial charge in [-0.3, -0.25) is 19.7 Å². The van der Waals surface area contributed by atoms with Crippen molar-refractivity contribution in [1.29, 1.82) is 0 Å². The van der Waals surface area contributed by atoms with Crippen molar-refractivity contribution in [3.05, 3.63) is 29.6 Å². The smallest absolute Gasteiger partial charge is 0.284 e. The number of carbonyl (C=O) groups is 2. The van der Waals surface area contributed by atoms with Crippen LogP contribution in [0, 0.1) is 0 Å². The van der Waals surface area contributed by atoms with Crippen molar-refractivity contribution in [2.45, 2.75) is 0 Å². The topological polar surface area (TPSA) is 61.5 Å². The Bertz CT molecular complexity index is 414. The summed E-state index contributed by atoms with van der Waals surface area (Å²) in [6.45, 7) is 0. The predicted molar refractivity (Wildman–Crippen MR) is 40.2 cm³/mol. The standard InChI is InChI=1S/C8H7N2O3/c1-9-7(11)5-3-2-4-10(13)6(5)8(9)12/h2-4,13H,1H3/q+1. The van der Waals surface area contributed by atoms with E-state index in [-0.39, 0.29) is 17.2 Å². The van der Waals surface area contributed by atoms with E-state index in [0.717, 1.165) is 4.90 Å². The third-order valence-electron chi connectivity index (χ3n) is 2.02. The monoisotopic (exact) mass is 179 g/mol. The molecule has 13 heavy (non-hydrogen) atoms. The fourth-order valence-electron chi connectivity index (χ4n) is 1.32. The first-order valence-corrected chi connectivity index (χ1v) is 3.69. The Balaban J connectivity index is 2.74. The van der Waals surface area contributed by atoms with Crippen LogP contribution in [0.5, 0.6) is 0 Å². The van der Waals surface area contributed by atoms with Gasteiger partial charge in [-0.1, -0.05) is 0 Å². The molecule has 0 fully saturated rings. The average Bonchev–Trinajstić information content (AvgIpc) is 2.33. The summed E-state index contributed by atoms with van der Waals surface area (Å²) in [7, 11) is 1.38. The molecule has 5 nitrogen and oxygen atoms in total. The number of nitrogens with zero attached hydrogens (tertiary/aromatic N) is 2.